The number of aliphatic hydroxyl groups excluding tert-OH is 2. The van der Waals surface area contributed by atoms with Gasteiger partial charge in [-0.25, -0.2) is 0 Å². The minimum Gasteiger partial charge on any atom is -0.504 e. The highest BCUT2D eigenvalue weighted by molar-refractivity contribution is 6.07. The number of phenols is 1. The summed E-state index contributed by atoms with van der Waals surface area (Å²) in [6, 6.07) is 23.5. The first kappa shape index (κ1) is 55.4. The maximum Gasteiger partial charge on any atom is 0.163 e. The van der Waals surface area contributed by atoms with Crippen LogP contribution in [0.2, 0.25) is 0 Å². The maximum absolute atomic E-state index is 14.2. The van der Waals surface area contributed by atoms with E-state index in [1.807, 2.05) is 12.3 Å². The third-order valence-corrected chi connectivity index (χ3v) is 19.7. The Hall–Kier alpha value is -4.88. The average molecular weight is 1050 g/mol. The Kier molecular flexibility index (Phi) is 18.7. The van der Waals surface area contributed by atoms with Crippen molar-refractivity contribution in [2.24, 2.45) is 52.6 Å². The van der Waals surface area contributed by atoms with Crippen molar-refractivity contribution in [3.05, 3.63) is 136 Å². The molecule has 0 aromatic heterocycles. The quantitative estimate of drug-likeness (QED) is 0.0273. The molecule has 10 rings (SSSR count). The van der Waals surface area contributed by atoms with Gasteiger partial charge >= 0.3 is 0 Å². The highest BCUT2D eigenvalue weighted by Gasteiger charge is 2.55. The van der Waals surface area contributed by atoms with Crippen LogP contribution in [0.4, 0.5) is 0 Å². The number of methoxy groups -OCH3 is 1. The molecular formula is C66H89N5O6. The molecule has 414 valence electrons. The molecule has 11 unspecified atom stereocenters. The first-order valence-corrected chi connectivity index (χ1v) is 29.8. The SMILES string of the molecule is COc1cc(C(=CC(=O)CC(=O)CC2CCC3CC(NCC(O)C4CCCCC4)CC3(CC3C4CCNCC4CC4C=CCNC43)C2)CO)c(CC2=CNC(N)C=C2CCc2cccc(CCc3ccccc3)c2)cc1O. The zero-order valence-electron chi connectivity index (χ0n) is 45.9. The normalized spacial score (nSPS) is 29.8. The van der Waals surface area contributed by atoms with Crippen LogP contribution in [-0.2, 0) is 35.3 Å². The number of hydrogen-bond acceptors (Lipinski definition) is 11. The van der Waals surface area contributed by atoms with Gasteiger partial charge in [-0.2, -0.15) is 0 Å². The summed E-state index contributed by atoms with van der Waals surface area (Å²) in [5.41, 5.74) is 14.2. The second-order valence-corrected chi connectivity index (χ2v) is 24.7. The van der Waals surface area contributed by atoms with Crippen molar-refractivity contribution in [3.63, 3.8) is 0 Å². The van der Waals surface area contributed by atoms with Crippen molar-refractivity contribution in [3.8, 4) is 11.5 Å². The van der Waals surface area contributed by atoms with Gasteiger partial charge in [0.1, 0.15) is 5.78 Å². The fraction of sp³-hybridized carbons (Fsp3) is 0.576. The van der Waals surface area contributed by atoms with Gasteiger partial charge in [-0.05, 0) is 225 Å². The molecule has 77 heavy (non-hydrogen) atoms. The van der Waals surface area contributed by atoms with E-state index in [1.165, 1.54) is 68.4 Å². The number of carbonyl (C=O) groups excluding carboxylic acids is 2. The maximum atomic E-state index is 14.2. The summed E-state index contributed by atoms with van der Waals surface area (Å²) in [5.74, 6) is 3.48. The first-order valence-electron chi connectivity index (χ1n) is 29.8. The number of phenolic OH excluding ortho intramolecular Hbond substituents is 1. The van der Waals surface area contributed by atoms with E-state index in [1.54, 1.807) is 12.1 Å². The highest BCUT2D eigenvalue weighted by Crippen LogP contribution is 2.60. The second-order valence-electron chi connectivity index (χ2n) is 24.7. The fourth-order valence-corrected chi connectivity index (χ4v) is 16.0. The van der Waals surface area contributed by atoms with Crippen molar-refractivity contribution in [2.75, 3.05) is 39.9 Å². The predicted octanol–water partition coefficient (Wildman–Crippen LogP) is 9.23. The number of ketones is 2. The molecular weight excluding hydrogens is 959 g/mol. The molecule has 4 aliphatic carbocycles. The van der Waals surface area contributed by atoms with Crippen molar-refractivity contribution in [1.29, 1.82) is 0 Å². The first-order chi connectivity index (χ1) is 37.5. The second kappa shape index (κ2) is 25.9. The Morgan fingerprint density at radius 2 is 1.70 bits per heavy atom. The van der Waals surface area contributed by atoms with Crippen LogP contribution in [0.25, 0.3) is 5.57 Å². The van der Waals surface area contributed by atoms with Crippen molar-refractivity contribution in [2.45, 2.75) is 153 Å². The smallest absolute Gasteiger partial charge is 0.163 e. The van der Waals surface area contributed by atoms with Crippen molar-refractivity contribution >= 4 is 17.1 Å². The molecule has 0 spiro atoms. The number of ether oxygens (including phenoxy) is 1. The summed E-state index contributed by atoms with van der Waals surface area (Å²) < 4.78 is 5.57. The molecule has 4 saturated carbocycles. The number of rotatable bonds is 22. The van der Waals surface area contributed by atoms with Crippen molar-refractivity contribution < 1.29 is 29.6 Å². The van der Waals surface area contributed by atoms with Crippen LogP contribution in [0.3, 0.4) is 0 Å². The molecule has 9 N–H and O–H groups in total. The summed E-state index contributed by atoms with van der Waals surface area (Å²) in [4.78, 5) is 28.3. The number of allylic oxidation sites excluding steroid dienone is 3. The van der Waals surface area contributed by atoms with Gasteiger partial charge in [0.25, 0.3) is 0 Å². The van der Waals surface area contributed by atoms with Gasteiger partial charge in [0, 0.05) is 37.8 Å². The number of dihydropyridines is 1. The van der Waals surface area contributed by atoms with E-state index in [0.717, 1.165) is 107 Å². The van der Waals surface area contributed by atoms with Gasteiger partial charge < -0.3 is 47.1 Å². The molecule has 1 saturated heterocycles. The Morgan fingerprint density at radius 1 is 0.909 bits per heavy atom. The molecule has 3 aliphatic heterocycles. The molecule has 5 fully saturated rings. The molecule has 0 radical (unpaired) electrons. The minimum absolute atomic E-state index is 0.0384. The lowest BCUT2D eigenvalue weighted by atomic mass is 9.54. The number of nitrogens with two attached hydrogens (primary N) is 1. The standard InChI is InChI=1S/C66H89N5O6/c1-77-63-35-59(50(31-61(63)75)29-51-40-71-64(67)32-48(51)21-19-45-13-8-12-44(26-45)18-17-43-10-4-2-5-11-43)53(42-72)30-57(74)34-56(73)27-46-20-22-54-33-55(70-41-62(76)47-14-6-3-7-15-47)37-66(54,36-46)38-60-58-23-25-68-39-52(58)28-49-16-9-24-69-65(49)60/h2,4-5,8-13,16,26,30-32,35,40,46-47,49,52,54-55,58,60,62,64-65,68-72,75-76H,3,6-7,14-15,17-25,27-29,33-34,36-39,41-42,67H2,1H3. The zero-order valence-corrected chi connectivity index (χ0v) is 45.9. The topological polar surface area (TPSA) is 178 Å². The van der Waals surface area contributed by atoms with Crippen molar-refractivity contribution in [1.82, 2.24) is 21.3 Å². The number of piperidine rings is 1. The fourth-order valence-electron chi connectivity index (χ4n) is 16.0. The largest absolute Gasteiger partial charge is 0.504 e. The van der Waals surface area contributed by atoms with E-state index < -0.39 is 6.61 Å². The van der Waals surface area contributed by atoms with Crippen LogP contribution in [0.15, 0.2) is 108 Å². The molecule has 3 aromatic rings. The van der Waals surface area contributed by atoms with Crippen LogP contribution in [-0.4, -0.2) is 91.1 Å². The van der Waals surface area contributed by atoms with E-state index in [2.05, 4.69) is 88.0 Å². The summed E-state index contributed by atoms with van der Waals surface area (Å²) in [7, 11) is 1.49. The number of aliphatic hydroxyl groups is 2. The number of aromatic hydroxyl groups is 1. The third-order valence-electron chi connectivity index (χ3n) is 19.7. The molecule has 7 aliphatic rings. The number of aryl methyl sites for hydroxylation is 3. The molecule has 11 heteroatoms. The molecule has 0 amide bonds. The lowest BCUT2D eigenvalue weighted by Gasteiger charge is -2.54. The Morgan fingerprint density at radius 3 is 2.51 bits per heavy atom. The van der Waals surface area contributed by atoms with Crippen LogP contribution < -0.4 is 31.7 Å². The summed E-state index contributed by atoms with van der Waals surface area (Å²) in [6.07, 6.45) is 28.6. The van der Waals surface area contributed by atoms with Gasteiger partial charge in [-0.1, -0.05) is 86.0 Å². The zero-order chi connectivity index (χ0) is 53.3. The lowest BCUT2D eigenvalue weighted by Crippen LogP contribution is -2.57. The highest BCUT2D eigenvalue weighted by atomic mass is 16.5. The summed E-state index contributed by atoms with van der Waals surface area (Å²) in [6.45, 7) is 3.35. The van der Waals surface area contributed by atoms with E-state index in [4.69, 9.17) is 10.5 Å². The van der Waals surface area contributed by atoms with Gasteiger partial charge in [0.2, 0.25) is 0 Å². The predicted molar refractivity (Wildman–Crippen MR) is 307 cm³/mol. The average Bonchev–Trinajstić information content (AvgIpc) is 3.90. The molecule has 0 bridgehead atoms. The Bertz CT molecular complexity index is 2620. The number of nitrogens with one attached hydrogen (secondary N) is 4. The third kappa shape index (κ3) is 13.8. The van der Waals surface area contributed by atoms with E-state index in [9.17, 15) is 24.9 Å². The number of Topliss-reactive ketones (excluding diaryl/α,β-unsaturated/α-hetero) is 1. The van der Waals surface area contributed by atoms with Gasteiger partial charge in [0.15, 0.2) is 17.3 Å². The monoisotopic (exact) mass is 1050 g/mol. The van der Waals surface area contributed by atoms with Gasteiger partial charge in [0.05, 0.1) is 32.4 Å². The molecule has 3 heterocycles. The number of benzene rings is 3. The Labute approximate surface area is 459 Å². The minimum atomic E-state index is -0.433. The van der Waals surface area contributed by atoms with Gasteiger partial charge in [-0.15, -0.1) is 0 Å². The van der Waals surface area contributed by atoms with E-state index >= 15 is 0 Å². The van der Waals surface area contributed by atoms with Crippen LogP contribution in [0.5, 0.6) is 11.5 Å². The molecule has 11 atom stereocenters. The summed E-state index contributed by atoms with van der Waals surface area (Å²) >= 11 is 0. The van der Waals surface area contributed by atoms with Crippen LogP contribution in [0.1, 0.15) is 131 Å². The molecule has 3 aromatic carbocycles. The summed E-state index contributed by atoms with van der Waals surface area (Å²) in [5, 5.41) is 48.4. The number of carbonyl (C=O) groups is 2. The van der Waals surface area contributed by atoms with E-state index in [-0.39, 0.29) is 53.1 Å². The number of hydrogen-bond donors (Lipinski definition) is 8. The molecule has 11 nitrogen and oxygen atoms in total. The number of fused-ring (bicyclic) bond motifs is 3. The van der Waals surface area contributed by atoms with Crippen LogP contribution in [0, 0.1) is 46.8 Å². The van der Waals surface area contributed by atoms with Crippen LogP contribution >= 0.6 is 0 Å². The van der Waals surface area contributed by atoms with Gasteiger partial charge in [-0.3, -0.25) is 9.59 Å². The van der Waals surface area contributed by atoms with E-state index in [0.29, 0.717) is 78.1 Å². The Balaban J connectivity index is 0.817. The lowest BCUT2D eigenvalue weighted by molar-refractivity contribution is -0.126.